The van der Waals surface area contributed by atoms with Crippen molar-refractivity contribution in [3.63, 3.8) is 0 Å². The van der Waals surface area contributed by atoms with E-state index in [1.165, 1.54) is 11.1 Å². The molecule has 2 aliphatic rings. The van der Waals surface area contributed by atoms with E-state index in [9.17, 15) is 4.79 Å². The molecule has 1 amide bonds. The van der Waals surface area contributed by atoms with Crippen LogP contribution >= 0.6 is 0 Å². The zero-order valence-electron chi connectivity index (χ0n) is 11.1. The highest BCUT2D eigenvalue weighted by molar-refractivity contribution is 5.86. The number of fused-ring (bicyclic) bond motifs is 3. The largest absolute Gasteiger partial charge is 0.335 e. The second kappa shape index (κ2) is 4.46. The highest BCUT2D eigenvalue weighted by Gasteiger charge is 2.43. The van der Waals surface area contributed by atoms with Crippen molar-refractivity contribution in [2.45, 2.75) is 18.6 Å². The lowest BCUT2D eigenvalue weighted by Gasteiger charge is -2.33. The Kier molecular flexibility index (Phi) is 2.60. The van der Waals surface area contributed by atoms with Crippen LogP contribution in [0.5, 0.6) is 0 Å². The van der Waals surface area contributed by atoms with Crippen LogP contribution in [0.15, 0.2) is 54.6 Å². The summed E-state index contributed by atoms with van der Waals surface area (Å²) in [6, 6.07) is 18.3. The summed E-state index contributed by atoms with van der Waals surface area (Å²) < 4.78 is 0. The second-order valence-corrected chi connectivity index (χ2v) is 5.41. The first-order valence-corrected chi connectivity index (χ1v) is 7.03. The van der Waals surface area contributed by atoms with Crippen molar-refractivity contribution in [2.24, 2.45) is 0 Å². The van der Waals surface area contributed by atoms with Gasteiger partial charge in [-0.3, -0.25) is 9.69 Å². The maximum absolute atomic E-state index is 12.4. The Balaban J connectivity index is 1.75. The molecule has 1 saturated heterocycles. The molecule has 3 nitrogen and oxygen atoms in total. The van der Waals surface area contributed by atoms with E-state index in [4.69, 9.17) is 0 Å². The first kappa shape index (κ1) is 11.7. The van der Waals surface area contributed by atoms with Crippen LogP contribution in [-0.4, -0.2) is 17.4 Å². The molecule has 0 unspecified atom stereocenters. The van der Waals surface area contributed by atoms with E-state index in [1.54, 1.807) is 0 Å². The molecule has 2 aromatic rings. The molecule has 0 spiro atoms. The smallest absolute Gasteiger partial charge is 0.243 e. The van der Waals surface area contributed by atoms with E-state index in [-0.39, 0.29) is 18.1 Å². The number of rotatable bonds is 1. The van der Waals surface area contributed by atoms with Gasteiger partial charge < -0.3 is 5.32 Å². The summed E-state index contributed by atoms with van der Waals surface area (Å²) in [5.74, 6) is 0.109. The summed E-state index contributed by atoms with van der Waals surface area (Å²) >= 11 is 0. The lowest BCUT2D eigenvalue weighted by molar-refractivity contribution is -0.121. The van der Waals surface area contributed by atoms with E-state index in [2.05, 4.69) is 28.4 Å². The van der Waals surface area contributed by atoms with Crippen LogP contribution in [0.1, 0.15) is 28.9 Å². The first-order valence-electron chi connectivity index (χ1n) is 7.03. The third kappa shape index (κ3) is 1.67. The number of benzene rings is 2. The molecule has 100 valence electrons. The molecule has 2 heterocycles. The molecule has 0 aromatic heterocycles. The quantitative estimate of drug-likeness (QED) is 0.858. The van der Waals surface area contributed by atoms with Crippen molar-refractivity contribution in [3.8, 4) is 0 Å². The molecule has 20 heavy (non-hydrogen) atoms. The average Bonchev–Trinajstić information content (AvgIpc) is 2.84. The van der Waals surface area contributed by atoms with Gasteiger partial charge in [0.25, 0.3) is 0 Å². The van der Waals surface area contributed by atoms with Gasteiger partial charge in [-0.05, 0) is 23.1 Å². The molecular weight excluding hydrogens is 248 g/mol. The second-order valence-electron chi connectivity index (χ2n) is 5.41. The molecule has 0 saturated carbocycles. The highest BCUT2D eigenvalue weighted by Crippen LogP contribution is 2.39. The van der Waals surface area contributed by atoms with Crippen molar-refractivity contribution in [2.75, 3.05) is 6.54 Å². The van der Waals surface area contributed by atoms with Gasteiger partial charge in [0.2, 0.25) is 5.91 Å². The number of nitrogens with one attached hydrogen (secondary N) is 1. The summed E-state index contributed by atoms with van der Waals surface area (Å²) in [5.41, 5.74) is 3.67. The fourth-order valence-electron chi connectivity index (χ4n) is 3.37. The van der Waals surface area contributed by atoms with Gasteiger partial charge in [0.05, 0.1) is 0 Å². The zero-order chi connectivity index (χ0) is 13.5. The van der Waals surface area contributed by atoms with E-state index in [0.29, 0.717) is 0 Å². The van der Waals surface area contributed by atoms with E-state index in [1.807, 2.05) is 36.4 Å². The predicted octanol–water partition coefficient (Wildman–Crippen LogP) is 2.41. The maximum atomic E-state index is 12.4. The Morgan fingerprint density at radius 2 is 1.75 bits per heavy atom. The molecule has 1 fully saturated rings. The maximum Gasteiger partial charge on any atom is 0.243 e. The number of carbonyl (C=O) groups is 1. The molecule has 0 aliphatic carbocycles. The fourth-order valence-corrected chi connectivity index (χ4v) is 3.37. The summed E-state index contributed by atoms with van der Waals surface area (Å²) in [7, 11) is 0. The van der Waals surface area contributed by atoms with Crippen LogP contribution in [-0.2, 0) is 11.2 Å². The molecule has 0 bridgehead atoms. The van der Waals surface area contributed by atoms with Crippen LogP contribution < -0.4 is 5.32 Å². The van der Waals surface area contributed by atoms with Crippen LogP contribution in [0.2, 0.25) is 0 Å². The normalized spacial score (nSPS) is 24.9. The molecule has 2 aromatic carbocycles. The summed E-state index contributed by atoms with van der Waals surface area (Å²) in [5, 5.41) is 3.15. The van der Waals surface area contributed by atoms with Crippen molar-refractivity contribution >= 4 is 5.91 Å². The van der Waals surface area contributed by atoms with E-state index < -0.39 is 0 Å². The Morgan fingerprint density at radius 1 is 1.00 bits per heavy atom. The number of hydrogen-bond donors (Lipinski definition) is 1. The van der Waals surface area contributed by atoms with E-state index >= 15 is 0 Å². The van der Waals surface area contributed by atoms with E-state index in [0.717, 1.165) is 18.5 Å². The molecular formula is C17H16N2O. The summed E-state index contributed by atoms with van der Waals surface area (Å²) in [4.78, 5) is 14.7. The van der Waals surface area contributed by atoms with Gasteiger partial charge in [0.15, 0.2) is 0 Å². The lowest BCUT2D eigenvalue weighted by atomic mass is 9.96. The monoisotopic (exact) mass is 264 g/mol. The van der Waals surface area contributed by atoms with Crippen LogP contribution in [0.25, 0.3) is 0 Å². The molecule has 3 heteroatoms. The summed E-state index contributed by atoms with van der Waals surface area (Å²) in [6.07, 6.45) is 1.03. The number of carbonyl (C=O) groups excluding carboxylic acids is 1. The van der Waals surface area contributed by atoms with Gasteiger partial charge in [-0.15, -0.1) is 0 Å². The van der Waals surface area contributed by atoms with Gasteiger partial charge in [0, 0.05) is 6.54 Å². The Hall–Kier alpha value is -2.13. The average molecular weight is 264 g/mol. The molecule has 0 radical (unpaired) electrons. The van der Waals surface area contributed by atoms with Crippen LogP contribution in [0, 0.1) is 0 Å². The van der Waals surface area contributed by atoms with Gasteiger partial charge in [-0.1, -0.05) is 54.6 Å². The van der Waals surface area contributed by atoms with Gasteiger partial charge in [-0.2, -0.15) is 0 Å². The molecule has 1 N–H and O–H groups in total. The molecule has 2 atom stereocenters. The van der Waals surface area contributed by atoms with Gasteiger partial charge >= 0.3 is 0 Å². The Labute approximate surface area is 118 Å². The number of nitrogens with zero attached hydrogens (tertiary/aromatic N) is 1. The SMILES string of the molecule is O=C1N[C@@H]2c3ccccc3CCN2[C@H]1c1ccccc1. The summed E-state index contributed by atoms with van der Waals surface area (Å²) in [6.45, 7) is 0.917. The van der Waals surface area contributed by atoms with Crippen molar-refractivity contribution in [1.29, 1.82) is 0 Å². The molecule has 4 rings (SSSR count). The fraction of sp³-hybridized carbons (Fsp3) is 0.235. The molecule has 2 aliphatic heterocycles. The minimum absolute atomic E-state index is 0.0256. The number of hydrogen-bond acceptors (Lipinski definition) is 2. The lowest BCUT2D eigenvalue weighted by Crippen LogP contribution is -2.35. The van der Waals surface area contributed by atoms with Gasteiger partial charge in [0.1, 0.15) is 12.2 Å². The van der Waals surface area contributed by atoms with Crippen molar-refractivity contribution in [1.82, 2.24) is 10.2 Å². The van der Waals surface area contributed by atoms with Crippen molar-refractivity contribution in [3.05, 3.63) is 71.3 Å². The minimum Gasteiger partial charge on any atom is -0.335 e. The Bertz CT molecular complexity index is 653. The Morgan fingerprint density at radius 3 is 2.60 bits per heavy atom. The highest BCUT2D eigenvalue weighted by atomic mass is 16.2. The third-order valence-electron chi connectivity index (χ3n) is 4.29. The van der Waals surface area contributed by atoms with Crippen LogP contribution in [0.4, 0.5) is 0 Å². The van der Waals surface area contributed by atoms with Gasteiger partial charge in [-0.25, -0.2) is 0 Å². The minimum atomic E-state index is -0.158. The van der Waals surface area contributed by atoms with Crippen molar-refractivity contribution < 1.29 is 4.79 Å². The zero-order valence-corrected chi connectivity index (χ0v) is 11.1. The number of amides is 1. The first-order chi connectivity index (χ1) is 9.84. The standard InChI is InChI=1S/C17H16N2O/c20-17-15(13-7-2-1-3-8-13)19-11-10-12-6-4-5-9-14(12)16(19)18-17/h1-9,15-16H,10-11H2,(H,18,20)/t15-,16-/m0/s1. The predicted molar refractivity (Wildman–Crippen MR) is 76.9 cm³/mol. The van der Waals surface area contributed by atoms with Crippen LogP contribution in [0.3, 0.4) is 0 Å². The third-order valence-corrected chi connectivity index (χ3v) is 4.29. The topological polar surface area (TPSA) is 32.3 Å².